The molecule has 0 amide bonds. The second-order valence-electron chi connectivity index (χ2n) is 6.47. The second-order valence-corrected chi connectivity index (χ2v) is 6.47. The Hall–Kier alpha value is -1.83. The van der Waals surface area contributed by atoms with E-state index in [4.69, 9.17) is 0 Å². The molecule has 1 saturated carbocycles. The number of benzene rings is 2. The molecule has 2 aliphatic rings. The van der Waals surface area contributed by atoms with Gasteiger partial charge in [-0.1, -0.05) is 25.1 Å². The van der Waals surface area contributed by atoms with E-state index in [1.807, 2.05) is 12.1 Å². The molecular weight excluding hydrogens is 248 g/mol. The van der Waals surface area contributed by atoms with Crippen molar-refractivity contribution in [1.82, 2.24) is 0 Å². The average molecular weight is 266 g/mol. The van der Waals surface area contributed by atoms with Gasteiger partial charge in [-0.15, -0.1) is 0 Å². The van der Waals surface area contributed by atoms with E-state index in [0.717, 1.165) is 31.1 Å². The molecule has 0 spiro atoms. The first-order chi connectivity index (χ1) is 9.59. The molecular formula is C18H18O2. The first-order valence-corrected chi connectivity index (χ1v) is 7.37. The smallest absolute Gasteiger partial charge is 0.139 e. The molecule has 2 heteroatoms. The molecule has 0 saturated heterocycles. The van der Waals surface area contributed by atoms with Crippen molar-refractivity contribution in [2.24, 2.45) is 5.41 Å². The molecule has 0 aromatic heterocycles. The van der Waals surface area contributed by atoms with Gasteiger partial charge in [0.1, 0.15) is 11.5 Å². The molecule has 0 radical (unpaired) electrons. The Bertz CT molecular complexity index is 732. The number of Topliss-reactive ketones (excluding diaryl/α,β-unsaturated/α-hetero) is 1. The number of hydrogen-bond donors (Lipinski definition) is 1. The largest absolute Gasteiger partial charge is 0.508 e. The third kappa shape index (κ3) is 1.42. The maximum absolute atomic E-state index is 12.2. The topological polar surface area (TPSA) is 37.3 Å². The number of hydrogen-bond acceptors (Lipinski definition) is 2. The predicted octanol–water partition coefficient (Wildman–Crippen LogP) is 3.94. The fraction of sp³-hybridized carbons (Fsp3) is 0.389. The number of phenols is 1. The zero-order valence-corrected chi connectivity index (χ0v) is 11.6. The maximum atomic E-state index is 12.2. The van der Waals surface area contributed by atoms with Crippen molar-refractivity contribution in [3.05, 3.63) is 41.5 Å². The molecule has 0 aliphatic heterocycles. The van der Waals surface area contributed by atoms with Gasteiger partial charge in [0.25, 0.3) is 0 Å². The van der Waals surface area contributed by atoms with E-state index < -0.39 is 0 Å². The van der Waals surface area contributed by atoms with Crippen LogP contribution in [0.15, 0.2) is 30.3 Å². The van der Waals surface area contributed by atoms with E-state index in [0.29, 0.717) is 17.5 Å². The van der Waals surface area contributed by atoms with Gasteiger partial charge in [0.05, 0.1) is 0 Å². The van der Waals surface area contributed by atoms with E-state index in [2.05, 4.69) is 19.1 Å². The van der Waals surface area contributed by atoms with Crippen molar-refractivity contribution < 1.29 is 9.90 Å². The summed E-state index contributed by atoms with van der Waals surface area (Å²) in [4.78, 5) is 12.2. The number of phenolic OH excluding ortho intramolecular Hbond substituents is 1. The summed E-state index contributed by atoms with van der Waals surface area (Å²) in [5.74, 6) is 1.14. The van der Waals surface area contributed by atoms with Crippen molar-refractivity contribution in [1.29, 1.82) is 0 Å². The molecule has 2 aromatic carbocycles. The van der Waals surface area contributed by atoms with Crippen LogP contribution in [0.5, 0.6) is 5.75 Å². The highest BCUT2D eigenvalue weighted by molar-refractivity contribution is 5.92. The summed E-state index contributed by atoms with van der Waals surface area (Å²) in [5.41, 5.74) is 2.61. The van der Waals surface area contributed by atoms with E-state index in [9.17, 15) is 9.90 Å². The quantitative estimate of drug-likeness (QED) is 0.784. The highest BCUT2D eigenvalue weighted by Crippen LogP contribution is 2.54. The number of rotatable bonds is 0. The number of carbonyl (C=O) groups excluding carboxylic acids is 1. The van der Waals surface area contributed by atoms with Crippen molar-refractivity contribution in [3.8, 4) is 5.75 Å². The van der Waals surface area contributed by atoms with Gasteiger partial charge in [-0.2, -0.15) is 0 Å². The highest BCUT2D eigenvalue weighted by Gasteiger charge is 2.49. The third-order valence-corrected chi connectivity index (χ3v) is 5.49. The summed E-state index contributed by atoms with van der Waals surface area (Å²) in [7, 11) is 0. The van der Waals surface area contributed by atoms with Crippen LogP contribution in [0.3, 0.4) is 0 Å². The Labute approximate surface area is 118 Å². The SMILES string of the molecule is C[C@]12CCc3c(ccc4cc(O)ccc34)[C@@H]1CCC2=O. The normalized spacial score (nSPS) is 28.4. The zero-order chi connectivity index (χ0) is 13.9. The Morgan fingerprint density at radius 2 is 2.05 bits per heavy atom. The van der Waals surface area contributed by atoms with Gasteiger partial charge in [-0.05, 0) is 59.2 Å². The standard InChI is InChI=1S/C18H18O2/c1-18-9-8-14-13-5-3-12(19)10-11(13)2-4-15(14)16(18)6-7-17(18)20/h2-5,10,16,19H,6-9H2,1H3/t16-,18-/m0/s1. The molecule has 102 valence electrons. The molecule has 2 atom stereocenters. The van der Waals surface area contributed by atoms with E-state index in [1.165, 1.54) is 16.5 Å². The summed E-state index contributed by atoms with van der Waals surface area (Å²) in [5, 5.41) is 11.9. The van der Waals surface area contributed by atoms with Crippen molar-refractivity contribution >= 4 is 16.6 Å². The van der Waals surface area contributed by atoms with E-state index in [1.54, 1.807) is 6.07 Å². The van der Waals surface area contributed by atoms with Gasteiger partial charge in [-0.25, -0.2) is 0 Å². The minimum atomic E-state index is -0.141. The van der Waals surface area contributed by atoms with Crippen LogP contribution in [0, 0.1) is 5.41 Å². The number of aryl methyl sites for hydroxylation is 1. The maximum Gasteiger partial charge on any atom is 0.139 e. The minimum absolute atomic E-state index is 0.141. The van der Waals surface area contributed by atoms with Crippen molar-refractivity contribution in [2.75, 3.05) is 0 Å². The second kappa shape index (κ2) is 3.85. The van der Waals surface area contributed by atoms with Crippen LogP contribution in [0.1, 0.15) is 43.2 Å². The number of aromatic hydroxyl groups is 1. The Kier molecular flexibility index (Phi) is 2.30. The molecule has 20 heavy (non-hydrogen) atoms. The van der Waals surface area contributed by atoms with Crippen molar-refractivity contribution in [3.63, 3.8) is 0 Å². The van der Waals surface area contributed by atoms with Gasteiger partial charge < -0.3 is 5.11 Å². The Morgan fingerprint density at radius 3 is 2.90 bits per heavy atom. The monoisotopic (exact) mass is 266 g/mol. The van der Waals surface area contributed by atoms with Crippen LogP contribution in [0.25, 0.3) is 10.8 Å². The van der Waals surface area contributed by atoms with Gasteiger partial charge in [-0.3, -0.25) is 4.79 Å². The lowest BCUT2D eigenvalue weighted by Gasteiger charge is -2.37. The number of carbonyl (C=O) groups is 1. The fourth-order valence-electron chi connectivity index (χ4n) is 4.27. The molecule has 0 heterocycles. The zero-order valence-electron chi connectivity index (χ0n) is 11.6. The molecule has 2 nitrogen and oxygen atoms in total. The molecule has 0 unspecified atom stereocenters. The van der Waals surface area contributed by atoms with Crippen LogP contribution in [0.4, 0.5) is 0 Å². The lowest BCUT2D eigenvalue weighted by atomic mass is 9.66. The molecule has 1 fully saturated rings. The molecule has 4 rings (SSSR count). The van der Waals surface area contributed by atoms with Crippen molar-refractivity contribution in [2.45, 2.75) is 38.5 Å². The summed E-state index contributed by atoms with van der Waals surface area (Å²) in [6.45, 7) is 2.15. The Balaban J connectivity index is 1.95. The van der Waals surface area contributed by atoms with Crippen LogP contribution in [-0.4, -0.2) is 10.9 Å². The van der Waals surface area contributed by atoms with Gasteiger partial charge >= 0.3 is 0 Å². The van der Waals surface area contributed by atoms with Crippen LogP contribution >= 0.6 is 0 Å². The first-order valence-electron chi connectivity index (χ1n) is 7.37. The first kappa shape index (κ1) is 12.0. The lowest BCUT2D eigenvalue weighted by Crippen LogP contribution is -2.32. The van der Waals surface area contributed by atoms with Crippen LogP contribution in [0.2, 0.25) is 0 Å². The summed E-state index contributed by atoms with van der Waals surface area (Å²) in [6.07, 6.45) is 3.65. The average Bonchev–Trinajstić information content (AvgIpc) is 2.74. The summed E-state index contributed by atoms with van der Waals surface area (Å²) < 4.78 is 0. The number of ketones is 1. The van der Waals surface area contributed by atoms with Gasteiger partial charge in [0.15, 0.2) is 0 Å². The van der Waals surface area contributed by atoms with E-state index in [-0.39, 0.29) is 5.41 Å². The fourth-order valence-corrected chi connectivity index (χ4v) is 4.27. The highest BCUT2D eigenvalue weighted by atomic mass is 16.3. The van der Waals surface area contributed by atoms with Gasteiger partial charge in [0.2, 0.25) is 0 Å². The molecule has 0 bridgehead atoms. The minimum Gasteiger partial charge on any atom is -0.508 e. The molecule has 2 aromatic rings. The molecule has 1 N–H and O–H groups in total. The van der Waals surface area contributed by atoms with Crippen LogP contribution < -0.4 is 0 Å². The van der Waals surface area contributed by atoms with E-state index >= 15 is 0 Å². The number of fused-ring (bicyclic) bond motifs is 5. The summed E-state index contributed by atoms with van der Waals surface area (Å²) in [6, 6.07) is 9.86. The molecule has 2 aliphatic carbocycles. The summed E-state index contributed by atoms with van der Waals surface area (Å²) >= 11 is 0. The lowest BCUT2D eigenvalue weighted by molar-refractivity contribution is -0.126. The third-order valence-electron chi connectivity index (χ3n) is 5.49. The van der Waals surface area contributed by atoms with Crippen LogP contribution in [-0.2, 0) is 11.2 Å². The predicted molar refractivity (Wildman–Crippen MR) is 79.0 cm³/mol. The van der Waals surface area contributed by atoms with Gasteiger partial charge in [0, 0.05) is 11.8 Å². The Morgan fingerprint density at radius 1 is 1.20 bits per heavy atom.